The van der Waals surface area contributed by atoms with Crippen LogP contribution in [-0.4, -0.2) is 52.3 Å². The highest BCUT2D eigenvalue weighted by Gasteiger charge is 2.69. The Bertz CT molecular complexity index is 1150. The summed E-state index contributed by atoms with van der Waals surface area (Å²) < 4.78 is 25.8. The zero-order valence-electron chi connectivity index (χ0n) is 25.5. The topological polar surface area (TPSA) is 91.3 Å². The van der Waals surface area contributed by atoms with Crippen LogP contribution in [0.25, 0.3) is 0 Å². The van der Waals surface area contributed by atoms with Crippen molar-refractivity contribution in [2.24, 2.45) is 40.4 Å². The van der Waals surface area contributed by atoms with E-state index in [0.29, 0.717) is 19.3 Å². The largest absolute Gasteiger partial charge is 0.462 e. The van der Waals surface area contributed by atoms with Gasteiger partial charge in [0.2, 0.25) is 0 Å². The van der Waals surface area contributed by atoms with E-state index in [2.05, 4.69) is 47.6 Å². The molecule has 2 bridgehead atoms. The van der Waals surface area contributed by atoms with Gasteiger partial charge in [0.1, 0.15) is 11.7 Å². The highest BCUT2D eigenvalue weighted by Crippen LogP contribution is 2.68. The quantitative estimate of drug-likeness (QED) is 0.458. The van der Waals surface area contributed by atoms with Gasteiger partial charge in [-0.3, -0.25) is 9.59 Å². The van der Waals surface area contributed by atoms with Crippen molar-refractivity contribution >= 4 is 11.8 Å². The van der Waals surface area contributed by atoms with Crippen molar-refractivity contribution in [1.29, 1.82) is 0 Å². The van der Waals surface area contributed by atoms with Crippen LogP contribution in [0.3, 0.4) is 0 Å². The monoisotopic (exact) mass is 556 g/mol. The maximum absolute atomic E-state index is 12.5. The van der Waals surface area contributed by atoms with Gasteiger partial charge in [0.25, 0.3) is 5.97 Å². The summed E-state index contributed by atoms with van der Waals surface area (Å²) in [6, 6.07) is 0. The lowest BCUT2D eigenvalue weighted by Crippen LogP contribution is -2.61. The molecule has 0 aromatic carbocycles. The van der Waals surface area contributed by atoms with Gasteiger partial charge in [0, 0.05) is 30.6 Å². The van der Waals surface area contributed by atoms with Gasteiger partial charge in [0.15, 0.2) is 5.78 Å². The molecule has 5 fully saturated rings. The van der Waals surface area contributed by atoms with E-state index in [1.54, 1.807) is 12.2 Å². The number of hydrogen-bond donors (Lipinski definition) is 1. The summed E-state index contributed by atoms with van der Waals surface area (Å²) in [5.41, 5.74) is -0.562. The Balaban J connectivity index is 1.36. The Kier molecular flexibility index (Phi) is 6.42. The van der Waals surface area contributed by atoms with Crippen LogP contribution < -0.4 is 0 Å². The van der Waals surface area contributed by atoms with Crippen LogP contribution in [0.2, 0.25) is 0 Å². The number of allylic oxidation sites excluding steroid dienone is 3. The van der Waals surface area contributed by atoms with Gasteiger partial charge in [-0.25, -0.2) is 0 Å². The molecule has 3 saturated carbocycles. The minimum absolute atomic E-state index is 0.0128. The lowest BCUT2D eigenvalue weighted by molar-refractivity contribution is -0.396. The fourth-order valence-electron chi connectivity index (χ4n) is 10.1. The Morgan fingerprint density at radius 3 is 2.55 bits per heavy atom. The van der Waals surface area contributed by atoms with Crippen molar-refractivity contribution in [3.05, 3.63) is 23.8 Å². The summed E-state index contributed by atoms with van der Waals surface area (Å²) in [4.78, 5) is 24.8. The van der Waals surface area contributed by atoms with Gasteiger partial charge < -0.3 is 24.1 Å². The number of rotatable bonds is 4. The summed E-state index contributed by atoms with van der Waals surface area (Å²) in [6.45, 7) is 16.7. The molecule has 0 spiro atoms. The molecule has 12 unspecified atom stereocenters. The summed E-state index contributed by atoms with van der Waals surface area (Å²) in [6.07, 6.45) is 9.08. The van der Waals surface area contributed by atoms with Crippen molar-refractivity contribution in [2.45, 2.75) is 129 Å². The van der Waals surface area contributed by atoms with Crippen LogP contribution in [-0.2, 0) is 28.5 Å². The van der Waals surface area contributed by atoms with E-state index in [4.69, 9.17) is 18.9 Å². The fourth-order valence-corrected chi connectivity index (χ4v) is 10.1. The van der Waals surface area contributed by atoms with E-state index in [1.165, 1.54) is 6.92 Å². The number of ketones is 1. The molecule has 2 saturated heterocycles. The molecule has 2 aliphatic heterocycles. The number of carbonyl (C=O) groups is 2. The number of aliphatic hydroxyl groups is 1. The summed E-state index contributed by atoms with van der Waals surface area (Å²) in [5, 5.41) is 11.6. The van der Waals surface area contributed by atoms with E-state index >= 15 is 0 Å². The third-order valence-electron chi connectivity index (χ3n) is 12.7. The molecule has 7 heteroatoms. The molecule has 6 aliphatic rings. The number of ether oxygens (including phenoxy) is 4. The summed E-state index contributed by atoms with van der Waals surface area (Å²) in [7, 11) is 0. The van der Waals surface area contributed by atoms with Crippen LogP contribution >= 0.6 is 0 Å². The molecule has 0 amide bonds. The van der Waals surface area contributed by atoms with Crippen molar-refractivity contribution < 1.29 is 33.6 Å². The van der Waals surface area contributed by atoms with Gasteiger partial charge in [-0.05, 0) is 88.2 Å². The highest BCUT2D eigenvalue weighted by atomic mass is 16.9. The third-order valence-corrected chi connectivity index (χ3v) is 12.7. The third kappa shape index (κ3) is 3.83. The number of fused-ring (bicyclic) bond motifs is 7. The van der Waals surface area contributed by atoms with Crippen LogP contribution in [0, 0.1) is 40.4 Å². The lowest BCUT2D eigenvalue weighted by atomic mass is 9.45. The average Bonchev–Trinajstić information content (AvgIpc) is 3.28. The lowest BCUT2D eigenvalue weighted by Gasteiger charge is -2.61. The predicted octanol–water partition coefficient (Wildman–Crippen LogP) is 5.50. The van der Waals surface area contributed by atoms with Gasteiger partial charge in [-0.2, -0.15) is 0 Å². The van der Waals surface area contributed by atoms with E-state index in [9.17, 15) is 14.7 Å². The Hall–Kier alpha value is -1.54. The second kappa shape index (κ2) is 8.98. The van der Waals surface area contributed by atoms with Gasteiger partial charge >= 0.3 is 5.97 Å². The second-order valence-electron chi connectivity index (χ2n) is 14.8. The normalized spacial score (nSPS) is 51.4. The molecular weight excluding hydrogens is 508 g/mol. The van der Waals surface area contributed by atoms with Gasteiger partial charge in [0.05, 0.1) is 17.8 Å². The Morgan fingerprint density at radius 2 is 1.88 bits per heavy atom. The average molecular weight is 557 g/mol. The molecule has 40 heavy (non-hydrogen) atoms. The zero-order valence-corrected chi connectivity index (χ0v) is 25.5. The first-order chi connectivity index (χ1) is 18.6. The smallest absolute Gasteiger partial charge is 0.302 e. The van der Waals surface area contributed by atoms with Crippen LogP contribution in [0.4, 0.5) is 0 Å². The van der Waals surface area contributed by atoms with E-state index in [1.807, 2.05) is 6.92 Å². The molecule has 6 rings (SSSR count). The SMILES string of the molecule is CCC12OC(C(C)C3CCC4C5C(O)CC6=CC(=O)C=CC6(C)C5CC(OC(C)=O)C34C)CC(C)(O1)C(C)(C)O2. The van der Waals surface area contributed by atoms with E-state index in [0.717, 1.165) is 24.8 Å². The number of esters is 1. The molecule has 2 heterocycles. The minimum atomic E-state index is -1.04. The maximum Gasteiger partial charge on any atom is 0.302 e. The summed E-state index contributed by atoms with van der Waals surface area (Å²) >= 11 is 0. The molecule has 0 radical (unpaired) electrons. The first-order valence-corrected chi connectivity index (χ1v) is 15.5. The van der Waals surface area contributed by atoms with Crippen molar-refractivity contribution in [3.63, 3.8) is 0 Å². The second-order valence-corrected chi connectivity index (χ2v) is 14.8. The number of aliphatic hydroxyl groups excluding tert-OH is 1. The van der Waals surface area contributed by atoms with Crippen LogP contribution in [0.5, 0.6) is 0 Å². The molecular formula is C33H48O7. The molecule has 7 nitrogen and oxygen atoms in total. The Morgan fingerprint density at radius 1 is 1.15 bits per heavy atom. The number of carbonyl (C=O) groups excluding carboxylic acids is 2. The molecule has 0 aromatic heterocycles. The van der Waals surface area contributed by atoms with Crippen molar-refractivity contribution in [2.75, 3.05) is 0 Å². The number of hydrogen-bond acceptors (Lipinski definition) is 7. The predicted molar refractivity (Wildman–Crippen MR) is 149 cm³/mol. The van der Waals surface area contributed by atoms with E-state index in [-0.39, 0.29) is 64.4 Å². The van der Waals surface area contributed by atoms with Crippen molar-refractivity contribution in [1.82, 2.24) is 0 Å². The maximum atomic E-state index is 12.5. The van der Waals surface area contributed by atoms with Crippen molar-refractivity contribution in [3.8, 4) is 0 Å². The standard InChI is InChI=1S/C33H48O7/c1-9-33-38-26(17-31(7,40-33)29(4,5)39-33)18(2)22-10-11-23-28-24(16-27(32(22,23)8)37-19(3)34)30(6)13-12-21(35)14-20(30)15-25(28)36/h12-14,18,22-28,36H,9-11,15-17H2,1-8H3. The van der Waals surface area contributed by atoms with Gasteiger partial charge in [-0.1, -0.05) is 39.3 Å². The molecule has 12 atom stereocenters. The van der Waals surface area contributed by atoms with E-state index < -0.39 is 23.3 Å². The summed E-state index contributed by atoms with van der Waals surface area (Å²) in [5.74, 6) is -0.535. The first kappa shape index (κ1) is 28.6. The highest BCUT2D eigenvalue weighted by molar-refractivity contribution is 6.01. The molecule has 4 aliphatic carbocycles. The fraction of sp³-hybridized carbons (Fsp3) is 0.818. The van der Waals surface area contributed by atoms with Crippen LogP contribution in [0.15, 0.2) is 23.8 Å². The molecule has 222 valence electrons. The van der Waals surface area contributed by atoms with Crippen LogP contribution in [0.1, 0.15) is 93.9 Å². The zero-order chi connectivity index (χ0) is 29.0. The molecule has 0 aromatic rings. The Labute approximate surface area is 239 Å². The first-order valence-electron chi connectivity index (χ1n) is 15.5. The molecule has 1 N–H and O–H groups in total. The van der Waals surface area contributed by atoms with Gasteiger partial charge in [-0.15, -0.1) is 0 Å². The minimum Gasteiger partial charge on any atom is -0.462 e.